The van der Waals surface area contributed by atoms with Crippen molar-refractivity contribution in [2.24, 2.45) is 46.3 Å². The lowest BCUT2D eigenvalue weighted by Gasteiger charge is -2.46. The van der Waals surface area contributed by atoms with Gasteiger partial charge < -0.3 is 10.2 Å². The van der Waals surface area contributed by atoms with Gasteiger partial charge in [-0.1, -0.05) is 24.3 Å². The van der Waals surface area contributed by atoms with Crippen LogP contribution in [0.3, 0.4) is 0 Å². The lowest BCUT2D eigenvalue weighted by atomic mass is 9.53. The molecule has 0 aliphatic heterocycles. The summed E-state index contributed by atoms with van der Waals surface area (Å²) in [6.07, 6.45) is 7.92. The van der Waals surface area contributed by atoms with E-state index in [9.17, 15) is 19.8 Å². The maximum Gasteiger partial charge on any atom is 0.312 e. The van der Waals surface area contributed by atoms with E-state index in [1.54, 1.807) is 0 Å². The number of hydrogen-bond acceptors (Lipinski definition) is 2. The largest absolute Gasteiger partial charge is 0.481 e. The van der Waals surface area contributed by atoms with Gasteiger partial charge in [-0.05, 0) is 35.5 Å². The molecule has 4 unspecified atom stereocenters. The Morgan fingerprint density at radius 3 is 1.22 bits per heavy atom. The molecule has 6 aliphatic rings. The van der Waals surface area contributed by atoms with E-state index < -0.39 is 22.8 Å². The summed E-state index contributed by atoms with van der Waals surface area (Å²) in [6, 6.07) is 0. The highest BCUT2D eigenvalue weighted by Crippen LogP contribution is 2.89. The van der Waals surface area contributed by atoms with Crippen molar-refractivity contribution in [3.05, 3.63) is 24.3 Å². The third-order valence-electron chi connectivity index (χ3n) is 6.65. The Labute approximate surface area is 103 Å². The van der Waals surface area contributed by atoms with Gasteiger partial charge in [-0.15, -0.1) is 0 Å². The standard InChI is InChI=1S/C14H12O4/c15-11(16)13-5-1-2-6-9(5)10-7(13)3-4-8(10)14(6,13)12(17)18/h1-10H,(H,15,16)(H,17,18). The van der Waals surface area contributed by atoms with Gasteiger partial charge in [-0.25, -0.2) is 0 Å². The summed E-state index contributed by atoms with van der Waals surface area (Å²) in [5.41, 5.74) is -2.12. The van der Waals surface area contributed by atoms with Gasteiger partial charge in [0, 0.05) is 0 Å². The van der Waals surface area contributed by atoms with Crippen LogP contribution in [0.4, 0.5) is 0 Å². The van der Waals surface area contributed by atoms with E-state index in [-0.39, 0.29) is 35.5 Å². The molecule has 4 saturated carbocycles. The maximum atomic E-state index is 12.0. The van der Waals surface area contributed by atoms with Crippen molar-refractivity contribution < 1.29 is 19.8 Å². The van der Waals surface area contributed by atoms with Gasteiger partial charge in [0.15, 0.2) is 0 Å². The quantitative estimate of drug-likeness (QED) is 0.711. The third kappa shape index (κ3) is 0.482. The predicted octanol–water partition coefficient (Wildman–Crippen LogP) is 1.01. The molecule has 4 heteroatoms. The molecule has 8 bridgehead atoms. The van der Waals surface area contributed by atoms with Gasteiger partial charge in [-0.3, -0.25) is 9.59 Å². The Hall–Kier alpha value is -1.58. The summed E-state index contributed by atoms with van der Waals surface area (Å²) in [5.74, 6) is -1.54. The van der Waals surface area contributed by atoms with Crippen molar-refractivity contribution in [1.29, 1.82) is 0 Å². The predicted molar refractivity (Wildman–Crippen MR) is 59.4 cm³/mol. The summed E-state index contributed by atoms with van der Waals surface area (Å²) in [5, 5.41) is 19.6. The second-order valence-corrected chi connectivity index (χ2v) is 6.38. The van der Waals surface area contributed by atoms with Crippen molar-refractivity contribution in [3.8, 4) is 0 Å². The smallest absolute Gasteiger partial charge is 0.312 e. The lowest BCUT2D eigenvalue weighted by molar-refractivity contribution is -0.178. The van der Waals surface area contributed by atoms with Crippen LogP contribution >= 0.6 is 0 Å². The summed E-state index contributed by atoms with van der Waals surface area (Å²) in [6.45, 7) is 0. The van der Waals surface area contributed by atoms with Gasteiger partial charge in [0.05, 0.1) is 10.8 Å². The number of aliphatic carboxylic acids is 2. The van der Waals surface area contributed by atoms with E-state index >= 15 is 0 Å². The van der Waals surface area contributed by atoms with Crippen molar-refractivity contribution in [1.82, 2.24) is 0 Å². The summed E-state index contributed by atoms with van der Waals surface area (Å²) in [7, 11) is 0. The van der Waals surface area contributed by atoms with Crippen LogP contribution in [-0.4, -0.2) is 22.2 Å². The minimum atomic E-state index is -1.06. The normalized spacial score (nSPS) is 63.3. The minimum absolute atomic E-state index is 0.0627. The molecular formula is C14H12O4. The third-order valence-corrected chi connectivity index (χ3v) is 6.65. The fourth-order valence-electron chi connectivity index (χ4n) is 6.69. The van der Waals surface area contributed by atoms with Gasteiger partial charge in [0.2, 0.25) is 0 Å². The molecule has 0 aromatic heterocycles. The molecule has 0 saturated heterocycles. The first kappa shape index (κ1) is 9.36. The van der Waals surface area contributed by atoms with Crippen molar-refractivity contribution in [2.45, 2.75) is 0 Å². The number of carbonyl (C=O) groups is 2. The van der Waals surface area contributed by atoms with Gasteiger partial charge in [0.25, 0.3) is 0 Å². The summed E-state index contributed by atoms with van der Waals surface area (Å²) >= 11 is 0. The second kappa shape index (κ2) is 2.17. The van der Waals surface area contributed by atoms with Crippen LogP contribution in [0.1, 0.15) is 0 Å². The van der Waals surface area contributed by atoms with Crippen LogP contribution in [-0.2, 0) is 9.59 Å². The van der Waals surface area contributed by atoms with Gasteiger partial charge >= 0.3 is 11.9 Å². The van der Waals surface area contributed by atoms with Crippen molar-refractivity contribution >= 4 is 11.9 Å². The fraction of sp³-hybridized carbons (Fsp3) is 0.571. The Morgan fingerprint density at radius 2 is 1.00 bits per heavy atom. The average Bonchev–Trinajstić information content (AvgIpc) is 3.07. The van der Waals surface area contributed by atoms with E-state index in [0.717, 1.165) is 0 Å². The SMILES string of the molecule is O=C(O)C12C3C=CC4C3C3C1C=CC3C42C(=O)O. The fourth-order valence-corrected chi connectivity index (χ4v) is 6.69. The Morgan fingerprint density at radius 1 is 0.722 bits per heavy atom. The zero-order chi connectivity index (χ0) is 12.4. The highest BCUT2D eigenvalue weighted by Gasteiger charge is 2.93. The minimum Gasteiger partial charge on any atom is -0.481 e. The van der Waals surface area contributed by atoms with Crippen LogP contribution in [0.2, 0.25) is 0 Å². The molecular weight excluding hydrogens is 232 g/mol. The molecule has 0 radical (unpaired) electrons. The molecule has 18 heavy (non-hydrogen) atoms. The summed E-state index contributed by atoms with van der Waals surface area (Å²) < 4.78 is 0. The highest BCUT2D eigenvalue weighted by atomic mass is 16.4. The number of carboxylic acid groups (broad SMARTS) is 2. The second-order valence-electron chi connectivity index (χ2n) is 6.38. The molecule has 92 valence electrons. The molecule has 0 aromatic rings. The first-order valence-electron chi connectivity index (χ1n) is 6.43. The molecule has 0 amide bonds. The van der Waals surface area contributed by atoms with Crippen LogP contribution < -0.4 is 0 Å². The Bertz CT molecular complexity index is 507. The maximum absolute atomic E-state index is 12.0. The number of allylic oxidation sites excluding steroid dienone is 4. The van der Waals surface area contributed by atoms with E-state index in [1.165, 1.54) is 0 Å². The monoisotopic (exact) mass is 244 g/mol. The van der Waals surface area contributed by atoms with Crippen LogP contribution in [0.25, 0.3) is 0 Å². The van der Waals surface area contributed by atoms with Crippen molar-refractivity contribution in [3.63, 3.8) is 0 Å². The zero-order valence-corrected chi connectivity index (χ0v) is 9.48. The highest BCUT2D eigenvalue weighted by molar-refractivity contribution is 5.94. The van der Waals surface area contributed by atoms with E-state index in [2.05, 4.69) is 0 Å². The van der Waals surface area contributed by atoms with Gasteiger partial charge in [0.1, 0.15) is 0 Å². The molecule has 4 fully saturated rings. The van der Waals surface area contributed by atoms with E-state index in [1.807, 2.05) is 24.3 Å². The van der Waals surface area contributed by atoms with Crippen LogP contribution in [0, 0.1) is 46.3 Å². The van der Waals surface area contributed by atoms with Crippen LogP contribution in [0.15, 0.2) is 24.3 Å². The first-order chi connectivity index (χ1) is 8.59. The first-order valence-corrected chi connectivity index (χ1v) is 6.43. The van der Waals surface area contributed by atoms with Crippen molar-refractivity contribution in [2.75, 3.05) is 0 Å². The molecule has 0 aromatic carbocycles. The van der Waals surface area contributed by atoms with Gasteiger partial charge in [-0.2, -0.15) is 0 Å². The average molecular weight is 244 g/mol. The topological polar surface area (TPSA) is 74.6 Å². The Kier molecular flexibility index (Phi) is 1.13. The molecule has 0 heterocycles. The summed E-state index contributed by atoms with van der Waals surface area (Å²) in [4.78, 5) is 24.0. The molecule has 0 spiro atoms. The molecule has 6 aliphatic carbocycles. The number of rotatable bonds is 2. The number of hydrogen-bond donors (Lipinski definition) is 2. The Balaban J connectivity index is 1.94. The molecule has 4 atom stereocenters. The number of carboxylic acids is 2. The molecule has 4 nitrogen and oxygen atoms in total. The van der Waals surface area contributed by atoms with E-state index in [4.69, 9.17) is 0 Å². The molecule has 6 rings (SSSR count). The zero-order valence-electron chi connectivity index (χ0n) is 9.48. The van der Waals surface area contributed by atoms with Crippen LogP contribution in [0.5, 0.6) is 0 Å². The van der Waals surface area contributed by atoms with E-state index in [0.29, 0.717) is 0 Å². The lowest BCUT2D eigenvalue weighted by Crippen LogP contribution is -2.57. The molecule has 2 N–H and O–H groups in total.